The molecule has 0 saturated heterocycles. The summed E-state index contributed by atoms with van der Waals surface area (Å²) in [5.41, 5.74) is 0.139. The van der Waals surface area contributed by atoms with Gasteiger partial charge in [0.2, 0.25) is 0 Å². The summed E-state index contributed by atoms with van der Waals surface area (Å²) >= 11 is 11.5. The summed E-state index contributed by atoms with van der Waals surface area (Å²) in [5, 5.41) is 22.9. The van der Waals surface area contributed by atoms with Crippen molar-refractivity contribution in [3.05, 3.63) is 73.8 Å². The minimum absolute atomic E-state index is 0.000419. The molecule has 0 aromatic heterocycles. The third-order valence-electron chi connectivity index (χ3n) is 3.36. The first-order chi connectivity index (χ1) is 11.8. The Bertz CT molecular complexity index is 824. The largest absolute Gasteiger partial charge is 0.481 e. The van der Waals surface area contributed by atoms with Crippen LogP contribution in [0.15, 0.2) is 42.5 Å². The molecular formula is C16H12Cl2N2O5. The van der Waals surface area contributed by atoms with E-state index in [9.17, 15) is 19.7 Å². The monoisotopic (exact) mass is 382 g/mol. The number of nitrogens with one attached hydrogen (secondary N) is 1. The minimum atomic E-state index is -1.11. The highest BCUT2D eigenvalue weighted by Crippen LogP contribution is 2.26. The van der Waals surface area contributed by atoms with Crippen molar-refractivity contribution in [1.82, 2.24) is 5.32 Å². The number of amides is 1. The van der Waals surface area contributed by atoms with Gasteiger partial charge in [-0.25, -0.2) is 0 Å². The van der Waals surface area contributed by atoms with Crippen LogP contribution >= 0.6 is 23.2 Å². The number of nitro benzene ring substituents is 1. The second-order valence-electron chi connectivity index (χ2n) is 5.10. The molecule has 0 aliphatic heterocycles. The van der Waals surface area contributed by atoms with Crippen molar-refractivity contribution in [2.75, 3.05) is 0 Å². The first kappa shape index (κ1) is 18.7. The van der Waals surface area contributed by atoms with Gasteiger partial charge in [0.25, 0.3) is 11.6 Å². The van der Waals surface area contributed by atoms with Gasteiger partial charge in [-0.3, -0.25) is 19.7 Å². The highest BCUT2D eigenvalue weighted by molar-refractivity contribution is 6.32. The summed E-state index contributed by atoms with van der Waals surface area (Å²) < 4.78 is 0. The van der Waals surface area contributed by atoms with E-state index >= 15 is 0 Å². The zero-order valence-electron chi connectivity index (χ0n) is 12.6. The molecule has 2 N–H and O–H groups in total. The number of aliphatic carboxylic acids is 1. The number of carboxylic acids is 1. The Kier molecular flexibility index (Phi) is 5.95. The summed E-state index contributed by atoms with van der Waals surface area (Å²) in [7, 11) is 0. The predicted molar refractivity (Wildman–Crippen MR) is 92.0 cm³/mol. The smallest absolute Gasteiger partial charge is 0.305 e. The third-order valence-corrected chi connectivity index (χ3v) is 3.93. The molecule has 0 aliphatic carbocycles. The van der Waals surface area contributed by atoms with E-state index in [1.165, 1.54) is 12.1 Å². The van der Waals surface area contributed by atoms with Crippen LogP contribution in [0.1, 0.15) is 28.4 Å². The molecule has 0 saturated carbocycles. The van der Waals surface area contributed by atoms with Crippen molar-refractivity contribution in [1.29, 1.82) is 0 Å². The zero-order valence-corrected chi connectivity index (χ0v) is 14.1. The number of rotatable bonds is 6. The van der Waals surface area contributed by atoms with Gasteiger partial charge in [0.1, 0.15) is 5.02 Å². The highest BCUT2D eigenvalue weighted by Gasteiger charge is 2.21. The van der Waals surface area contributed by atoms with Crippen molar-refractivity contribution >= 4 is 40.8 Å². The van der Waals surface area contributed by atoms with Gasteiger partial charge < -0.3 is 10.4 Å². The molecule has 0 unspecified atom stereocenters. The molecule has 130 valence electrons. The fourth-order valence-electron chi connectivity index (χ4n) is 2.16. The molecular weight excluding hydrogens is 371 g/mol. The standard InChI is InChI=1S/C16H12Cl2N2O5/c17-11-4-1-9(2-5-11)13(8-15(21)22)19-16(23)10-3-6-12(18)14(7-10)20(24)25/h1-7,13H,8H2,(H,19,23)(H,21,22)/t13-/m0/s1. The average molecular weight is 383 g/mol. The lowest BCUT2D eigenvalue weighted by atomic mass is 10.0. The Morgan fingerprint density at radius 1 is 1.16 bits per heavy atom. The topological polar surface area (TPSA) is 110 Å². The zero-order chi connectivity index (χ0) is 18.6. The third kappa shape index (κ3) is 4.91. The lowest BCUT2D eigenvalue weighted by molar-refractivity contribution is -0.384. The summed E-state index contributed by atoms with van der Waals surface area (Å²) in [4.78, 5) is 33.7. The van der Waals surface area contributed by atoms with Gasteiger partial charge in [-0.1, -0.05) is 35.3 Å². The Hall–Kier alpha value is -2.64. The van der Waals surface area contributed by atoms with Gasteiger partial charge in [-0.05, 0) is 29.8 Å². The van der Waals surface area contributed by atoms with Crippen molar-refractivity contribution in [3.63, 3.8) is 0 Å². The van der Waals surface area contributed by atoms with Crippen LogP contribution in [0.4, 0.5) is 5.69 Å². The SMILES string of the molecule is O=C(O)C[C@H](NC(=O)c1ccc(Cl)c([N+](=O)[O-])c1)c1ccc(Cl)cc1. The van der Waals surface area contributed by atoms with Crippen LogP contribution < -0.4 is 5.32 Å². The van der Waals surface area contributed by atoms with E-state index in [1.807, 2.05) is 0 Å². The fraction of sp³-hybridized carbons (Fsp3) is 0.125. The second-order valence-corrected chi connectivity index (χ2v) is 5.94. The number of halogens is 2. The maximum absolute atomic E-state index is 12.4. The molecule has 9 heteroatoms. The number of nitro groups is 1. The maximum atomic E-state index is 12.4. The van der Waals surface area contributed by atoms with E-state index in [0.717, 1.165) is 6.07 Å². The van der Waals surface area contributed by atoms with Gasteiger partial charge in [-0.2, -0.15) is 0 Å². The van der Waals surface area contributed by atoms with Crippen LogP contribution in [0.25, 0.3) is 0 Å². The van der Waals surface area contributed by atoms with Gasteiger partial charge in [0.15, 0.2) is 0 Å². The van der Waals surface area contributed by atoms with E-state index in [0.29, 0.717) is 10.6 Å². The number of carbonyl (C=O) groups excluding carboxylic acids is 1. The molecule has 2 aromatic carbocycles. The van der Waals surface area contributed by atoms with Crippen LogP contribution in [0.3, 0.4) is 0 Å². The minimum Gasteiger partial charge on any atom is -0.481 e. The Morgan fingerprint density at radius 2 is 1.80 bits per heavy atom. The second kappa shape index (κ2) is 7.96. The quantitative estimate of drug-likeness (QED) is 0.582. The van der Waals surface area contributed by atoms with E-state index < -0.39 is 28.5 Å². The maximum Gasteiger partial charge on any atom is 0.305 e. The molecule has 2 aromatic rings. The molecule has 25 heavy (non-hydrogen) atoms. The van der Waals surface area contributed by atoms with Crippen molar-refractivity contribution < 1.29 is 19.6 Å². The molecule has 0 spiro atoms. The number of hydrogen-bond acceptors (Lipinski definition) is 4. The van der Waals surface area contributed by atoms with Crippen LogP contribution in [0.2, 0.25) is 10.0 Å². The summed E-state index contributed by atoms with van der Waals surface area (Å²) in [6, 6.07) is 9.12. The molecule has 0 radical (unpaired) electrons. The Balaban J connectivity index is 2.27. The number of carboxylic acid groups (broad SMARTS) is 1. The molecule has 0 heterocycles. The predicted octanol–water partition coefficient (Wildman–Crippen LogP) is 3.85. The van der Waals surface area contributed by atoms with Crippen LogP contribution in [-0.4, -0.2) is 21.9 Å². The molecule has 7 nitrogen and oxygen atoms in total. The molecule has 1 atom stereocenters. The first-order valence-electron chi connectivity index (χ1n) is 7.00. The fourth-order valence-corrected chi connectivity index (χ4v) is 2.47. The molecule has 0 fully saturated rings. The van der Waals surface area contributed by atoms with Gasteiger partial charge in [0, 0.05) is 16.7 Å². The summed E-state index contributed by atoms with van der Waals surface area (Å²) in [6.07, 6.45) is -0.358. The number of carbonyl (C=O) groups is 2. The average Bonchev–Trinajstić information content (AvgIpc) is 2.54. The number of nitrogens with zero attached hydrogens (tertiary/aromatic N) is 1. The Morgan fingerprint density at radius 3 is 2.36 bits per heavy atom. The molecule has 0 bridgehead atoms. The van der Waals surface area contributed by atoms with Crippen molar-refractivity contribution in [3.8, 4) is 0 Å². The molecule has 0 aliphatic rings. The lowest BCUT2D eigenvalue weighted by Gasteiger charge is -2.17. The van der Waals surface area contributed by atoms with E-state index in [4.69, 9.17) is 28.3 Å². The lowest BCUT2D eigenvalue weighted by Crippen LogP contribution is -2.30. The number of hydrogen-bond donors (Lipinski definition) is 2. The Labute approximate surface area is 152 Å². The van der Waals surface area contributed by atoms with Crippen LogP contribution in [0.5, 0.6) is 0 Å². The normalized spacial score (nSPS) is 11.6. The van der Waals surface area contributed by atoms with Crippen LogP contribution in [0, 0.1) is 10.1 Å². The molecule has 2 rings (SSSR count). The highest BCUT2D eigenvalue weighted by atomic mass is 35.5. The van der Waals surface area contributed by atoms with E-state index in [1.54, 1.807) is 24.3 Å². The summed E-state index contributed by atoms with van der Waals surface area (Å²) in [6.45, 7) is 0. The van der Waals surface area contributed by atoms with Crippen molar-refractivity contribution in [2.45, 2.75) is 12.5 Å². The van der Waals surface area contributed by atoms with E-state index in [-0.39, 0.29) is 17.0 Å². The van der Waals surface area contributed by atoms with Gasteiger partial charge in [0.05, 0.1) is 17.4 Å². The van der Waals surface area contributed by atoms with Gasteiger partial charge in [-0.15, -0.1) is 0 Å². The van der Waals surface area contributed by atoms with Gasteiger partial charge >= 0.3 is 5.97 Å². The first-order valence-corrected chi connectivity index (χ1v) is 7.75. The number of benzene rings is 2. The van der Waals surface area contributed by atoms with Crippen LogP contribution in [-0.2, 0) is 4.79 Å². The van der Waals surface area contributed by atoms with Crippen molar-refractivity contribution in [2.24, 2.45) is 0 Å². The molecule has 1 amide bonds. The van der Waals surface area contributed by atoms with E-state index in [2.05, 4.69) is 5.32 Å². The summed E-state index contributed by atoms with van der Waals surface area (Å²) in [5.74, 6) is -1.76.